The third kappa shape index (κ3) is 4.21. The topological polar surface area (TPSA) is 52.6 Å². The SMILES string of the molecule is O=C(COc1ccc2c(c1)OC(=Cc1c(Cl)cccc1Cl)C2=O)c1ccc(Cl)cc1. The van der Waals surface area contributed by atoms with Gasteiger partial charge in [-0.1, -0.05) is 40.9 Å². The molecule has 0 saturated carbocycles. The first-order valence-electron chi connectivity index (χ1n) is 8.86. The van der Waals surface area contributed by atoms with Crippen molar-refractivity contribution in [3.8, 4) is 11.5 Å². The van der Waals surface area contributed by atoms with Gasteiger partial charge in [0.1, 0.15) is 11.5 Å². The number of ketones is 2. The first-order chi connectivity index (χ1) is 14.4. The molecule has 0 aromatic heterocycles. The molecule has 0 fully saturated rings. The molecule has 0 spiro atoms. The number of halogens is 3. The number of hydrogen-bond donors (Lipinski definition) is 0. The summed E-state index contributed by atoms with van der Waals surface area (Å²) in [5.74, 6) is 0.365. The highest BCUT2D eigenvalue weighted by Crippen LogP contribution is 2.36. The molecule has 0 unspecified atom stereocenters. The van der Waals surface area contributed by atoms with Crippen LogP contribution in [0.1, 0.15) is 26.3 Å². The Morgan fingerprint density at radius 3 is 2.37 bits per heavy atom. The van der Waals surface area contributed by atoms with Crippen molar-refractivity contribution in [2.45, 2.75) is 0 Å². The van der Waals surface area contributed by atoms with Crippen LogP contribution in [0.2, 0.25) is 15.1 Å². The molecule has 0 radical (unpaired) electrons. The first-order valence-corrected chi connectivity index (χ1v) is 9.99. The normalized spacial score (nSPS) is 13.8. The number of rotatable bonds is 5. The van der Waals surface area contributed by atoms with Gasteiger partial charge in [0.15, 0.2) is 18.1 Å². The fraction of sp³-hybridized carbons (Fsp3) is 0.0435. The Hall–Kier alpha value is -2.79. The van der Waals surface area contributed by atoms with E-state index >= 15 is 0 Å². The van der Waals surface area contributed by atoms with Crippen molar-refractivity contribution in [1.82, 2.24) is 0 Å². The summed E-state index contributed by atoms with van der Waals surface area (Å²) in [5, 5.41) is 1.37. The van der Waals surface area contributed by atoms with E-state index in [-0.39, 0.29) is 23.9 Å². The van der Waals surface area contributed by atoms with E-state index in [1.54, 1.807) is 60.7 Å². The van der Waals surface area contributed by atoms with Gasteiger partial charge in [-0.15, -0.1) is 0 Å². The number of carbonyl (C=O) groups excluding carboxylic acids is 2. The summed E-state index contributed by atoms with van der Waals surface area (Å²) in [6.45, 7) is -0.160. The number of fused-ring (bicyclic) bond motifs is 1. The molecule has 4 nitrogen and oxygen atoms in total. The van der Waals surface area contributed by atoms with E-state index in [0.717, 1.165) is 0 Å². The predicted octanol–water partition coefficient (Wildman–Crippen LogP) is 6.52. The standard InChI is InChI=1S/C23H13Cl3O4/c24-14-6-4-13(5-7-14)20(27)12-29-15-8-9-16-21(10-15)30-22(23(16)28)11-17-18(25)2-1-3-19(17)26/h1-11H,12H2. The maximum atomic E-state index is 12.6. The molecule has 1 aliphatic heterocycles. The Morgan fingerprint density at radius 1 is 0.967 bits per heavy atom. The maximum Gasteiger partial charge on any atom is 0.231 e. The van der Waals surface area contributed by atoms with Crippen molar-refractivity contribution in [1.29, 1.82) is 0 Å². The van der Waals surface area contributed by atoms with Gasteiger partial charge in [0.05, 0.1) is 5.56 Å². The minimum Gasteiger partial charge on any atom is -0.485 e. The Balaban J connectivity index is 1.50. The second kappa shape index (κ2) is 8.52. The molecule has 0 amide bonds. The quantitative estimate of drug-likeness (QED) is 0.322. The summed E-state index contributed by atoms with van der Waals surface area (Å²) in [6.07, 6.45) is 1.51. The van der Waals surface area contributed by atoms with Crippen molar-refractivity contribution in [3.63, 3.8) is 0 Å². The number of Topliss-reactive ketones (excluding diaryl/α,β-unsaturated/α-hetero) is 2. The van der Waals surface area contributed by atoms with Gasteiger partial charge < -0.3 is 9.47 Å². The molecule has 3 aromatic rings. The van der Waals surface area contributed by atoms with E-state index in [9.17, 15) is 9.59 Å². The molecule has 0 aliphatic carbocycles. The van der Waals surface area contributed by atoms with Crippen LogP contribution in [0.15, 0.2) is 66.4 Å². The zero-order chi connectivity index (χ0) is 21.3. The van der Waals surface area contributed by atoms with Crippen LogP contribution < -0.4 is 9.47 Å². The van der Waals surface area contributed by atoms with Crippen molar-refractivity contribution in [2.24, 2.45) is 0 Å². The largest absolute Gasteiger partial charge is 0.485 e. The van der Waals surface area contributed by atoms with E-state index in [2.05, 4.69) is 0 Å². The number of ether oxygens (including phenoxy) is 2. The highest BCUT2D eigenvalue weighted by atomic mass is 35.5. The molecule has 1 aliphatic rings. The molecule has 0 bridgehead atoms. The second-order valence-electron chi connectivity index (χ2n) is 6.45. The van der Waals surface area contributed by atoms with Gasteiger partial charge in [-0.3, -0.25) is 9.59 Å². The minimum atomic E-state index is -0.287. The summed E-state index contributed by atoms with van der Waals surface area (Å²) < 4.78 is 11.3. The van der Waals surface area contributed by atoms with Gasteiger partial charge in [0, 0.05) is 32.3 Å². The van der Waals surface area contributed by atoms with Crippen LogP contribution in [0.4, 0.5) is 0 Å². The average Bonchev–Trinajstić information content (AvgIpc) is 3.04. The van der Waals surface area contributed by atoms with Gasteiger partial charge in [0.2, 0.25) is 5.78 Å². The maximum absolute atomic E-state index is 12.6. The zero-order valence-corrected chi connectivity index (χ0v) is 17.6. The molecular formula is C23H13Cl3O4. The van der Waals surface area contributed by atoms with E-state index in [1.165, 1.54) is 6.08 Å². The molecule has 0 atom stereocenters. The lowest BCUT2D eigenvalue weighted by molar-refractivity contribution is 0.0921. The molecule has 30 heavy (non-hydrogen) atoms. The lowest BCUT2D eigenvalue weighted by Gasteiger charge is -2.07. The summed E-state index contributed by atoms with van der Waals surface area (Å²) in [5.41, 5.74) is 1.39. The van der Waals surface area contributed by atoms with E-state index < -0.39 is 0 Å². The average molecular weight is 460 g/mol. The first kappa shape index (κ1) is 20.5. The number of allylic oxidation sites excluding steroid dienone is 1. The number of benzene rings is 3. The lowest BCUT2D eigenvalue weighted by Crippen LogP contribution is -2.11. The fourth-order valence-corrected chi connectivity index (χ4v) is 3.54. The van der Waals surface area contributed by atoms with Crippen LogP contribution in [-0.4, -0.2) is 18.2 Å². The lowest BCUT2D eigenvalue weighted by atomic mass is 10.1. The van der Waals surface area contributed by atoms with Crippen molar-refractivity contribution in [3.05, 3.63) is 98.2 Å². The monoisotopic (exact) mass is 458 g/mol. The van der Waals surface area contributed by atoms with Crippen molar-refractivity contribution in [2.75, 3.05) is 6.61 Å². The van der Waals surface area contributed by atoms with Gasteiger partial charge in [-0.2, -0.15) is 0 Å². The van der Waals surface area contributed by atoms with Gasteiger partial charge in [-0.05, 0) is 54.6 Å². The predicted molar refractivity (Wildman–Crippen MR) is 117 cm³/mol. The Labute approximate surface area is 187 Å². The van der Waals surface area contributed by atoms with Crippen LogP contribution in [0.5, 0.6) is 11.5 Å². The molecule has 4 rings (SSSR count). The van der Waals surface area contributed by atoms with Crippen LogP contribution in [0.3, 0.4) is 0 Å². The highest BCUT2D eigenvalue weighted by molar-refractivity contribution is 6.37. The molecule has 1 heterocycles. The second-order valence-corrected chi connectivity index (χ2v) is 7.70. The highest BCUT2D eigenvalue weighted by Gasteiger charge is 2.28. The molecular weight excluding hydrogens is 447 g/mol. The summed E-state index contributed by atoms with van der Waals surface area (Å²) >= 11 is 18.2. The minimum absolute atomic E-state index is 0.106. The van der Waals surface area contributed by atoms with Gasteiger partial charge in [0.25, 0.3) is 0 Å². The van der Waals surface area contributed by atoms with Crippen molar-refractivity contribution < 1.29 is 19.1 Å². The summed E-state index contributed by atoms with van der Waals surface area (Å²) in [6, 6.07) is 16.4. The zero-order valence-electron chi connectivity index (χ0n) is 15.3. The number of carbonyl (C=O) groups is 2. The summed E-state index contributed by atoms with van der Waals surface area (Å²) in [4.78, 5) is 24.9. The molecule has 150 valence electrons. The van der Waals surface area contributed by atoms with Crippen molar-refractivity contribution >= 4 is 52.4 Å². The number of hydrogen-bond acceptors (Lipinski definition) is 4. The Morgan fingerprint density at radius 2 is 1.67 bits per heavy atom. The fourth-order valence-electron chi connectivity index (χ4n) is 2.90. The Kier molecular flexibility index (Phi) is 5.82. The summed E-state index contributed by atoms with van der Waals surface area (Å²) in [7, 11) is 0. The molecule has 0 saturated heterocycles. The third-order valence-corrected chi connectivity index (χ3v) is 5.36. The molecule has 3 aromatic carbocycles. The van der Waals surface area contributed by atoms with E-state index in [1.807, 2.05) is 0 Å². The van der Waals surface area contributed by atoms with Crippen LogP contribution in [0.25, 0.3) is 6.08 Å². The van der Waals surface area contributed by atoms with Crippen LogP contribution in [-0.2, 0) is 0 Å². The third-order valence-electron chi connectivity index (χ3n) is 4.45. The van der Waals surface area contributed by atoms with Crippen LogP contribution in [0, 0.1) is 0 Å². The molecule has 0 N–H and O–H groups in total. The van der Waals surface area contributed by atoms with Gasteiger partial charge >= 0.3 is 0 Å². The smallest absolute Gasteiger partial charge is 0.231 e. The van der Waals surface area contributed by atoms with Crippen LogP contribution >= 0.6 is 34.8 Å². The Bertz CT molecular complexity index is 1160. The van der Waals surface area contributed by atoms with Gasteiger partial charge in [-0.25, -0.2) is 0 Å². The van der Waals surface area contributed by atoms with E-state index in [4.69, 9.17) is 44.3 Å². The van der Waals surface area contributed by atoms with E-state index in [0.29, 0.717) is 43.3 Å². The molecule has 7 heteroatoms.